The highest BCUT2D eigenvalue weighted by Gasteiger charge is 2.32. The molecular weight excluding hydrogens is 537 g/mol. The molecular formula is C25H35F2N4O7P. The van der Waals surface area contributed by atoms with Gasteiger partial charge in [0.2, 0.25) is 0 Å². The summed E-state index contributed by atoms with van der Waals surface area (Å²) in [6.07, 6.45) is 6.75. The number of fused-ring (bicyclic) bond motifs is 1. The summed E-state index contributed by atoms with van der Waals surface area (Å²) in [5, 5.41) is 4.29. The van der Waals surface area contributed by atoms with Crippen LogP contribution >= 0.6 is 8.60 Å². The number of carbonyl (C=O) groups is 1. The van der Waals surface area contributed by atoms with Crippen LogP contribution in [-0.4, -0.2) is 55.7 Å². The highest BCUT2D eigenvalue weighted by Crippen LogP contribution is 2.37. The number of amides is 1. The van der Waals surface area contributed by atoms with E-state index in [9.17, 15) is 13.6 Å². The number of carbonyl (C=O) groups excluding carboxylic acids is 1. The van der Waals surface area contributed by atoms with Crippen molar-refractivity contribution in [3.63, 3.8) is 0 Å². The van der Waals surface area contributed by atoms with Crippen molar-refractivity contribution in [2.75, 3.05) is 7.11 Å². The number of alkyl halides is 2. The van der Waals surface area contributed by atoms with Gasteiger partial charge in [-0.1, -0.05) is 33.1 Å². The SMILES string of the molecule is C1CC1.CC.COc1cc(-c2cnc3cc(OC(C)C(C)(C)OP(O)O)cnn23)cc(OC(F)F)c1C(N)=O. The Bertz CT molecular complexity index is 1240. The fraction of sp³-hybridized carbons (Fsp3) is 0.480. The molecule has 0 spiro atoms. The number of aromatic nitrogens is 3. The molecule has 1 atom stereocenters. The van der Waals surface area contributed by atoms with Crippen LogP contribution in [0, 0.1) is 0 Å². The number of ether oxygens (including phenoxy) is 3. The van der Waals surface area contributed by atoms with Gasteiger partial charge in [-0.25, -0.2) is 9.50 Å². The van der Waals surface area contributed by atoms with Gasteiger partial charge in [-0.15, -0.1) is 0 Å². The summed E-state index contributed by atoms with van der Waals surface area (Å²) in [7, 11) is -1.31. The first-order valence-electron chi connectivity index (χ1n) is 12.3. The lowest BCUT2D eigenvalue weighted by Gasteiger charge is -2.31. The number of hydrogen-bond acceptors (Lipinski definition) is 9. The minimum atomic E-state index is -3.19. The van der Waals surface area contributed by atoms with E-state index in [0.29, 0.717) is 22.7 Å². The lowest BCUT2D eigenvalue weighted by atomic mass is 10.0. The van der Waals surface area contributed by atoms with Gasteiger partial charge in [0.05, 0.1) is 25.2 Å². The van der Waals surface area contributed by atoms with Crippen LogP contribution in [0.15, 0.2) is 30.6 Å². The molecule has 14 heteroatoms. The zero-order valence-corrected chi connectivity index (χ0v) is 23.6. The largest absolute Gasteiger partial charge is 0.496 e. The minimum absolute atomic E-state index is 0.0562. The third-order valence-electron chi connectivity index (χ3n) is 5.34. The first kappa shape index (κ1) is 32.1. The van der Waals surface area contributed by atoms with Crippen molar-refractivity contribution in [1.29, 1.82) is 0 Å². The first-order valence-corrected chi connectivity index (χ1v) is 13.4. The predicted octanol–water partition coefficient (Wildman–Crippen LogP) is 5.08. The summed E-state index contributed by atoms with van der Waals surface area (Å²) >= 11 is 0. The zero-order valence-electron chi connectivity index (χ0n) is 22.7. The van der Waals surface area contributed by atoms with Crippen molar-refractivity contribution in [1.82, 2.24) is 14.6 Å². The van der Waals surface area contributed by atoms with Gasteiger partial charge in [0.15, 0.2) is 5.65 Å². The van der Waals surface area contributed by atoms with E-state index in [1.807, 2.05) is 13.8 Å². The number of rotatable bonds is 10. The van der Waals surface area contributed by atoms with Crippen LogP contribution in [0.3, 0.4) is 0 Å². The molecule has 1 saturated carbocycles. The van der Waals surface area contributed by atoms with E-state index in [4.69, 9.17) is 29.5 Å². The van der Waals surface area contributed by atoms with E-state index in [0.717, 1.165) is 0 Å². The van der Waals surface area contributed by atoms with E-state index in [1.165, 1.54) is 55.4 Å². The van der Waals surface area contributed by atoms with E-state index < -0.39 is 38.6 Å². The topological polar surface area (TPSA) is 151 Å². The van der Waals surface area contributed by atoms with Gasteiger partial charge >= 0.3 is 15.2 Å². The van der Waals surface area contributed by atoms with Crippen molar-refractivity contribution in [2.45, 2.75) is 72.2 Å². The number of methoxy groups -OCH3 is 1. The molecule has 216 valence electrons. The molecule has 1 aromatic carbocycles. The number of halogens is 2. The number of nitrogens with zero attached hydrogens (tertiary/aromatic N) is 3. The normalized spacial score (nSPS) is 13.2. The Balaban J connectivity index is 0.000000975. The predicted molar refractivity (Wildman–Crippen MR) is 142 cm³/mol. The van der Waals surface area contributed by atoms with Crippen LogP contribution < -0.4 is 19.9 Å². The quantitative estimate of drug-likeness (QED) is 0.283. The van der Waals surface area contributed by atoms with Crippen molar-refractivity contribution < 1.29 is 42.1 Å². The second-order valence-corrected chi connectivity index (χ2v) is 9.36. The maximum atomic E-state index is 12.9. The molecule has 11 nitrogen and oxygen atoms in total. The van der Waals surface area contributed by atoms with Crippen molar-refractivity contribution in [3.05, 3.63) is 36.2 Å². The van der Waals surface area contributed by atoms with Gasteiger partial charge in [-0.2, -0.15) is 13.9 Å². The Morgan fingerprint density at radius 3 is 2.23 bits per heavy atom. The lowest BCUT2D eigenvalue weighted by Crippen LogP contribution is -2.39. The van der Waals surface area contributed by atoms with Crippen molar-refractivity contribution >= 4 is 20.2 Å². The average Bonchev–Trinajstić information content (AvgIpc) is 3.69. The molecule has 0 radical (unpaired) electrons. The highest BCUT2D eigenvalue weighted by atomic mass is 31.2. The molecule has 1 unspecified atom stereocenters. The lowest BCUT2D eigenvalue weighted by molar-refractivity contribution is -0.0502. The molecule has 3 aromatic rings. The molecule has 0 bridgehead atoms. The van der Waals surface area contributed by atoms with Gasteiger partial charge in [-0.3, -0.25) is 4.79 Å². The molecule has 1 amide bonds. The fourth-order valence-corrected chi connectivity index (χ4v) is 3.65. The Morgan fingerprint density at radius 1 is 1.10 bits per heavy atom. The van der Waals surface area contributed by atoms with Gasteiger partial charge < -0.3 is 34.3 Å². The van der Waals surface area contributed by atoms with Crippen LogP contribution in [-0.2, 0) is 4.52 Å². The van der Waals surface area contributed by atoms with E-state index >= 15 is 0 Å². The Hall–Kier alpha value is -3.12. The second-order valence-electron chi connectivity index (χ2n) is 8.67. The van der Waals surface area contributed by atoms with E-state index in [-0.39, 0.29) is 11.3 Å². The maximum absolute atomic E-state index is 12.9. The number of nitrogens with two attached hydrogens (primary N) is 1. The van der Waals surface area contributed by atoms with Crippen LogP contribution in [0.25, 0.3) is 16.9 Å². The maximum Gasteiger partial charge on any atom is 0.387 e. The van der Waals surface area contributed by atoms with Crippen LogP contribution in [0.4, 0.5) is 8.78 Å². The van der Waals surface area contributed by atoms with Gasteiger partial charge in [0.1, 0.15) is 34.5 Å². The summed E-state index contributed by atoms with van der Waals surface area (Å²) in [6, 6.07) is 4.22. The van der Waals surface area contributed by atoms with Crippen LogP contribution in [0.1, 0.15) is 64.2 Å². The summed E-state index contributed by atoms with van der Waals surface area (Å²) in [6.45, 7) is 5.78. The minimum Gasteiger partial charge on any atom is -0.496 e. The molecule has 1 aliphatic carbocycles. The molecule has 0 saturated heterocycles. The fourth-order valence-electron chi connectivity index (χ4n) is 3.08. The molecule has 4 N–H and O–H groups in total. The van der Waals surface area contributed by atoms with Gasteiger partial charge in [0, 0.05) is 11.6 Å². The van der Waals surface area contributed by atoms with Crippen LogP contribution in [0.5, 0.6) is 17.2 Å². The number of benzene rings is 1. The molecule has 2 heterocycles. The second kappa shape index (κ2) is 14.3. The Morgan fingerprint density at radius 2 is 1.72 bits per heavy atom. The standard InChI is InChI=1S/C20H23F2N4O7P.C3H6.C2H6/c1-10(20(2,3)33-34(28)29)31-12-7-16-24-9-13(26(16)25-8-12)11-5-14(30-4)17(18(23)27)15(6-11)32-19(21)22;1-2-3-1;1-2/h5-10,19,28-29H,1-4H3,(H2,23,27);1-3H2;1-2H3. The summed E-state index contributed by atoms with van der Waals surface area (Å²) < 4.78 is 47.9. The number of imidazole rings is 1. The molecule has 4 rings (SSSR count). The van der Waals surface area contributed by atoms with Gasteiger partial charge in [0.25, 0.3) is 5.91 Å². The molecule has 0 aliphatic heterocycles. The average molecular weight is 573 g/mol. The third kappa shape index (κ3) is 8.96. The van der Waals surface area contributed by atoms with Crippen molar-refractivity contribution in [2.24, 2.45) is 5.73 Å². The monoisotopic (exact) mass is 572 g/mol. The van der Waals surface area contributed by atoms with E-state index in [2.05, 4.69) is 14.8 Å². The molecule has 1 aliphatic rings. The molecule has 1 fully saturated rings. The number of hydrogen-bond donors (Lipinski definition) is 3. The molecule has 2 aromatic heterocycles. The van der Waals surface area contributed by atoms with Gasteiger partial charge in [-0.05, 0) is 32.9 Å². The van der Waals surface area contributed by atoms with E-state index in [1.54, 1.807) is 26.8 Å². The summed E-state index contributed by atoms with van der Waals surface area (Å²) in [5.41, 5.74) is 5.06. The first-order chi connectivity index (χ1) is 18.4. The number of primary amides is 1. The summed E-state index contributed by atoms with van der Waals surface area (Å²) in [5.74, 6) is -1.17. The Kier molecular flexibility index (Phi) is 11.8. The smallest absolute Gasteiger partial charge is 0.387 e. The third-order valence-corrected chi connectivity index (χ3v) is 5.98. The molecule has 39 heavy (non-hydrogen) atoms. The zero-order chi connectivity index (χ0) is 29.3. The van der Waals surface area contributed by atoms with Crippen LogP contribution in [0.2, 0.25) is 0 Å². The van der Waals surface area contributed by atoms with Crippen molar-refractivity contribution in [3.8, 4) is 28.5 Å². The highest BCUT2D eigenvalue weighted by molar-refractivity contribution is 7.39. The Labute approximate surface area is 226 Å². The summed E-state index contributed by atoms with van der Waals surface area (Å²) in [4.78, 5) is 34.3.